The Bertz CT molecular complexity index is 1260. The summed E-state index contributed by atoms with van der Waals surface area (Å²) < 4.78 is 10.2. The predicted octanol–water partition coefficient (Wildman–Crippen LogP) is 4.40. The fourth-order valence-electron chi connectivity index (χ4n) is 4.03. The van der Waals surface area contributed by atoms with Crippen LogP contribution in [0.25, 0.3) is 17.1 Å². The van der Waals surface area contributed by atoms with E-state index in [4.69, 9.17) is 4.74 Å². The number of benzene rings is 1. The lowest BCUT2D eigenvalue weighted by molar-refractivity contribution is -0.647. The van der Waals surface area contributed by atoms with Crippen molar-refractivity contribution in [2.45, 2.75) is 41.5 Å². The number of allylic oxidation sites excluding steroid dienone is 8. The highest BCUT2D eigenvalue weighted by atomic mass is 16.5. The number of hydrogen-bond donors (Lipinski definition) is 0. The van der Waals surface area contributed by atoms with Gasteiger partial charge in [-0.15, -0.1) is 0 Å². The highest BCUT2D eigenvalue weighted by Gasteiger charge is 2.31. The normalized spacial score (nSPS) is 18.4. The van der Waals surface area contributed by atoms with Crippen LogP contribution >= 0.6 is 0 Å². The highest BCUT2D eigenvalue weighted by Crippen LogP contribution is 2.40. The van der Waals surface area contributed by atoms with E-state index < -0.39 is 0 Å². The molecule has 1 aliphatic carbocycles. The summed E-state index contributed by atoms with van der Waals surface area (Å²) in [5, 5.41) is 13.0. The average Bonchev–Trinajstić information content (AvgIpc) is 2.99. The first kappa shape index (κ1) is 22.8. The molecule has 0 N–H and O–H groups in total. The van der Waals surface area contributed by atoms with Gasteiger partial charge in [0.05, 0.1) is 14.1 Å². The highest BCUT2D eigenvalue weighted by molar-refractivity contribution is 6.23. The Balaban J connectivity index is 1.76. The van der Waals surface area contributed by atoms with Gasteiger partial charge in [0.1, 0.15) is 11.5 Å². The van der Waals surface area contributed by atoms with Gasteiger partial charge in [0, 0.05) is 28.1 Å². The Labute approximate surface area is 195 Å². The van der Waals surface area contributed by atoms with Gasteiger partial charge in [-0.2, -0.15) is 0 Å². The maximum Gasteiger partial charge on any atom is 0.282 e. The molecule has 0 spiro atoms. The lowest BCUT2D eigenvalue weighted by atomic mass is 9.84. The number of imidazole rings is 1. The van der Waals surface area contributed by atoms with E-state index in [1.54, 1.807) is 12.2 Å². The van der Waals surface area contributed by atoms with Gasteiger partial charge in [0.25, 0.3) is 5.82 Å². The molecule has 0 bridgehead atoms. The third-order valence-corrected chi connectivity index (χ3v) is 6.15. The lowest BCUT2D eigenvalue weighted by Gasteiger charge is -2.33. The number of aromatic nitrogens is 2. The van der Waals surface area contributed by atoms with Crippen LogP contribution in [0, 0.1) is 10.8 Å². The van der Waals surface area contributed by atoms with Crippen LogP contribution < -0.4 is 9.67 Å². The molecule has 2 aromatic rings. The maximum absolute atomic E-state index is 13.0. The molecular weight excluding hydrogens is 412 g/mol. The molecule has 0 saturated carbocycles. The van der Waals surface area contributed by atoms with Crippen molar-refractivity contribution in [1.29, 1.82) is 0 Å². The van der Waals surface area contributed by atoms with Crippen LogP contribution in [0.15, 0.2) is 76.5 Å². The first-order valence-corrected chi connectivity index (χ1v) is 11.2. The second kappa shape index (κ2) is 7.62. The monoisotopic (exact) mass is 444 g/mol. The maximum atomic E-state index is 13.0. The second-order valence-electron chi connectivity index (χ2n) is 10.9. The smallest absolute Gasteiger partial charge is 0.282 e. The molecule has 0 unspecified atom stereocenters. The minimum atomic E-state index is -0.222. The second-order valence-corrected chi connectivity index (χ2v) is 10.9. The summed E-state index contributed by atoms with van der Waals surface area (Å²) in [6.07, 6.45) is 7.25. The van der Waals surface area contributed by atoms with E-state index in [0.29, 0.717) is 0 Å². The SMILES string of the molecule is Cn1c(C=C2C(=O)C(C=C3C=C(C(C)(C)C)OC(C(C)(C)C)=C3)=C2[O-])[n+](C)c2ccccc21. The summed E-state index contributed by atoms with van der Waals surface area (Å²) in [4.78, 5) is 13.0. The van der Waals surface area contributed by atoms with Crippen molar-refractivity contribution in [3.63, 3.8) is 0 Å². The molecule has 2 heterocycles. The minimum Gasteiger partial charge on any atom is -0.871 e. The number of fused-ring (bicyclic) bond motifs is 1. The molecule has 1 aliphatic heterocycles. The molecule has 4 rings (SSSR count). The van der Waals surface area contributed by atoms with Gasteiger partial charge < -0.3 is 9.84 Å². The number of carbonyl (C=O) groups excluding carboxylic acids is 1. The Morgan fingerprint density at radius 3 is 2.06 bits per heavy atom. The first-order chi connectivity index (χ1) is 15.3. The van der Waals surface area contributed by atoms with Gasteiger partial charge in [0.15, 0.2) is 16.8 Å². The fourth-order valence-corrected chi connectivity index (χ4v) is 4.03. The molecule has 5 heteroatoms. The van der Waals surface area contributed by atoms with Crippen LogP contribution in [0.2, 0.25) is 0 Å². The van der Waals surface area contributed by atoms with Crippen molar-refractivity contribution in [1.82, 2.24) is 4.57 Å². The number of hydrogen-bond acceptors (Lipinski definition) is 3. The van der Waals surface area contributed by atoms with Crippen molar-refractivity contribution in [2.75, 3.05) is 0 Å². The van der Waals surface area contributed by atoms with Crippen molar-refractivity contribution in [2.24, 2.45) is 24.9 Å². The molecule has 172 valence electrons. The van der Waals surface area contributed by atoms with Crippen LogP contribution in [0.4, 0.5) is 0 Å². The van der Waals surface area contributed by atoms with Crippen LogP contribution in [0.5, 0.6) is 0 Å². The van der Waals surface area contributed by atoms with Crippen LogP contribution in [0.1, 0.15) is 47.4 Å². The summed E-state index contributed by atoms with van der Waals surface area (Å²) in [7, 11) is 3.88. The number of nitrogens with zero attached hydrogens (tertiary/aromatic N) is 2. The molecule has 1 aromatic heterocycles. The number of ether oxygens (including phenoxy) is 1. The molecule has 5 nitrogen and oxygen atoms in total. The van der Waals surface area contributed by atoms with E-state index >= 15 is 0 Å². The summed E-state index contributed by atoms with van der Waals surface area (Å²) in [6, 6.07) is 7.99. The van der Waals surface area contributed by atoms with E-state index in [1.165, 1.54) is 0 Å². The standard InChI is InChI=1S/C28H32N2O3/c1-27(2,3)22-14-17(15-23(33-22)28(4,5)6)13-18-25(31)19(26(18)32)16-24-29(7)20-11-9-10-12-21(20)30(24)8/h9-16H,1-8H3. The molecule has 0 fully saturated rings. The van der Waals surface area contributed by atoms with Crippen molar-refractivity contribution in [3.05, 3.63) is 82.3 Å². The zero-order chi connectivity index (χ0) is 24.3. The molecule has 33 heavy (non-hydrogen) atoms. The van der Waals surface area contributed by atoms with Crippen molar-refractivity contribution < 1.29 is 19.2 Å². The molecule has 1 aromatic carbocycles. The fraction of sp³-hybridized carbons (Fsp3) is 0.357. The average molecular weight is 445 g/mol. The molecule has 2 aliphatic rings. The quantitative estimate of drug-likeness (QED) is 0.510. The van der Waals surface area contributed by atoms with Crippen molar-refractivity contribution >= 4 is 22.9 Å². The number of Topliss-reactive ketones (excluding diaryl/α,β-unsaturated/α-hetero) is 1. The summed E-state index contributed by atoms with van der Waals surface area (Å²) >= 11 is 0. The van der Waals surface area contributed by atoms with Gasteiger partial charge in [0.2, 0.25) is 0 Å². The Morgan fingerprint density at radius 1 is 0.970 bits per heavy atom. The van der Waals surface area contributed by atoms with Crippen LogP contribution in [0.3, 0.4) is 0 Å². The van der Waals surface area contributed by atoms with Gasteiger partial charge >= 0.3 is 0 Å². The van der Waals surface area contributed by atoms with E-state index in [9.17, 15) is 9.90 Å². The van der Waals surface area contributed by atoms with Crippen LogP contribution in [-0.2, 0) is 23.6 Å². The Morgan fingerprint density at radius 2 is 1.55 bits per heavy atom. The number of para-hydroxylation sites is 2. The van der Waals surface area contributed by atoms with E-state index in [1.807, 2.05) is 59.6 Å². The van der Waals surface area contributed by atoms with Crippen molar-refractivity contribution in [3.8, 4) is 0 Å². The predicted molar refractivity (Wildman–Crippen MR) is 128 cm³/mol. The van der Waals surface area contributed by atoms with E-state index in [0.717, 1.165) is 33.9 Å². The molecular formula is C28H32N2O3. The summed E-state index contributed by atoms with van der Waals surface area (Å²) in [5.74, 6) is 2.00. The van der Waals surface area contributed by atoms with Gasteiger partial charge in [-0.3, -0.25) is 4.79 Å². The Hall–Kier alpha value is -3.34. The van der Waals surface area contributed by atoms with Crippen LogP contribution in [-0.4, -0.2) is 10.4 Å². The third kappa shape index (κ3) is 3.97. The molecule has 0 atom stereocenters. The van der Waals surface area contributed by atoms with Gasteiger partial charge in [-0.1, -0.05) is 59.4 Å². The minimum absolute atomic E-state index is 0.198. The topological polar surface area (TPSA) is 58.2 Å². The molecule has 0 amide bonds. The van der Waals surface area contributed by atoms with E-state index in [-0.39, 0.29) is 33.5 Å². The molecule has 0 radical (unpaired) electrons. The van der Waals surface area contributed by atoms with E-state index in [2.05, 4.69) is 41.5 Å². The number of ketones is 1. The number of aryl methyl sites for hydroxylation is 2. The molecule has 0 saturated heterocycles. The first-order valence-electron chi connectivity index (χ1n) is 11.2. The zero-order valence-corrected chi connectivity index (χ0v) is 20.7. The Kier molecular flexibility index (Phi) is 5.27. The number of carbonyl (C=O) groups is 1. The largest absolute Gasteiger partial charge is 0.871 e. The summed E-state index contributed by atoms with van der Waals surface area (Å²) in [6.45, 7) is 12.5. The number of rotatable bonds is 2. The van der Waals surface area contributed by atoms with Gasteiger partial charge in [-0.05, 0) is 35.9 Å². The van der Waals surface area contributed by atoms with Gasteiger partial charge in [-0.25, -0.2) is 9.13 Å². The lowest BCUT2D eigenvalue weighted by Crippen LogP contribution is -2.33. The summed E-state index contributed by atoms with van der Waals surface area (Å²) in [5.41, 5.74) is 2.93. The third-order valence-electron chi connectivity index (χ3n) is 6.15. The zero-order valence-electron chi connectivity index (χ0n) is 20.7.